The molecule has 1 aromatic rings. The summed E-state index contributed by atoms with van der Waals surface area (Å²) in [7, 11) is 1.67. The lowest BCUT2D eigenvalue weighted by atomic mass is 9.96. The van der Waals surface area contributed by atoms with Gasteiger partial charge in [0.2, 0.25) is 5.91 Å². The number of benzene rings is 1. The van der Waals surface area contributed by atoms with Crippen LogP contribution in [0.25, 0.3) is 0 Å². The van der Waals surface area contributed by atoms with Crippen LogP contribution in [0.2, 0.25) is 0 Å². The molecule has 1 aromatic carbocycles. The molecule has 0 saturated carbocycles. The Morgan fingerprint density at radius 3 is 2.42 bits per heavy atom. The second kappa shape index (κ2) is 8.38. The van der Waals surface area contributed by atoms with Gasteiger partial charge in [0.25, 0.3) is 0 Å². The Labute approximate surface area is 144 Å². The van der Waals surface area contributed by atoms with Crippen molar-refractivity contribution in [3.8, 4) is 11.5 Å². The molecular formula is C19H28N2O3. The summed E-state index contributed by atoms with van der Waals surface area (Å²) in [6.45, 7) is 5.82. The lowest BCUT2D eigenvalue weighted by molar-refractivity contribution is -0.128. The fourth-order valence-electron chi connectivity index (χ4n) is 3.57. The zero-order chi connectivity index (χ0) is 16.8. The van der Waals surface area contributed by atoms with Crippen LogP contribution >= 0.6 is 0 Å². The van der Waals surface area contributed by atoms with Crippen molar-refractivity contribution < 1.29 is 14.3 Å². The van der Waals surface area contributed by atoms with Gasteiger partial charge >= 0.3 is 0 Å². The first kappa shape index (κ1) is 17.1. The maximum atomic E-state index is 11.7. The number of nitrogens with zero attached hydrogens (tertiary/aromatic N) is 2. The first-order chi connectivity index (χ1) is 11.7. The number of likely N-dealkylation sites (tertiary alicyclic amines) is 2. The summed E-state index contributed by atoms with van der Waals surface area (Å²) in [6.07, 6.45) is 4.17. The molecule has 0 radical (unpaired) electrons. The fraction of sp³-hybridized carbons (Fsp3) is 0.632. The number of amides is 1. The smallest absolute Gasteiger partial charge is 0.222 e. The molecule has 3 rings (SSSR count). The SMILES string of the molecule is COc1ccc(OCCN2CCC(CN3CCCC3=O)CC2)cc1. The minimum atomic E-state index is 0.352. The molecule has 0 bridgehead atoms. The molecular weight excluding hydrogens is 304 g/mol. The average molecular weight is 332 g/mol. The topological polar surface area (TPSA) is 42.0 Å². The lowest BCUT2D eigenvalue weighted by Crippen LogP contribution is -2.40. The number of rotatable bonds is 7. The maximum absolute atomic E-state index is 11.7. The van der Waals surface area contributed by atoms with E-state index in [1.165, 1.54) is 12.8 Å². The molecule has 2 saturated heterocycles. The zero-order valence-electron chi connectivity index (χ0n) is 14.6. The predicted molar refractivity (Wildman–Crippen MR) is 93.5 cm³/mol. The van der Waals surface area contributed by atoms with Crippen LogP contribution in [0.15, 0.2) is 24.3 Å². The zero-order valence-corrected chi connectivity index (χ0v) is 14.6. The first-order valence-electron chi connectivity index (χ1n) is 9.01. The van der Waals surface area contributed by atoms with E-state index >= 15 is 0 Å². The number of hydrogen-bond donors (Lipinski definition) is 0. The summed E-state index contributed by atoms with van der Waals surface area (Å²) in [5.41, 5.74) is 0. The molecule has 0 atom stereocenters. The van der Waals surface area contributed by atoms with Gasteiger partial charge in [-0.25, -0.2) is 0 Å². The van der Waals surface area contributed by atoms with Crippen LogP contribution < -0.4 is 9.47 Å². The van der Waals surface area contributed by atoms with Crippen molar-refractivity contribution in [2.45, 2.75) is 25.7 Å². The Balaban J connectivity index is 1.32. The molecule has 0 unspecified atom stereocenters. The summed E-state index contributed by atoms with van der Waals surface area (Å²) in [6, 6.07) is 7.72. The molecule has 0 aliphatic carbocycles. The number of hydrogen-bond acceptors (Lipinski definition) is 4. The molecule has 5 heteroatoms. The molecule has 2 aliphatic heterocycles. The fourth-order valence-corrected chi connectivity index (χ4v) is 3.57. The molecule has 0 aromatic heterocycles. The molecule has 5 nitrogen and oxygen atoms in total. The van der Waals surface area contributed by atoms with E-state index in [1.54, 1.807) is 7.11 Å². The number of carbonyl (C=O) groups excluding carboxylic acids is 1. The van der Waals surface area contributed by atoms with Gasteiger partial charge < -0.3 is 14.4 Å². The third kappa shape index (κ3) is 4.63. The second-order valence-corrected chi connectivity index (χ2v) is 6.75. The van der Waals surface area contributed by atoms with Crippen molar-refractivity contribution in [2.75, 3.05) is 46.4 Å². The minimum Gasteiger partial charge on any atom is -0.497 e. The summed E-state index contributed by atoms with van der Waals surface area (Å²) in [4.78, 5) is 16.2. The van der Waals surface area contributed by atoms with Gasteiger partial charge in [-0.2, -0.15) is 0 Å². The highest BCUT2D eigenvalue weighted by Crippen LogP contribution is 2.21. The van der Waals surface area contributed by atoms with Gasteiger partial charge in [0, 0.05) is 26.1 Å². The number of ether oxygens (including phenoxy) is 2. The highest BCUT2D eigenvalue weighted by atomic mass is 16.5. The van der Waals surface area contributed by atoms with Gasteiger partial charge in [0.05, 0.1) is 7.11 Å². The number of carbonyl (C=O) groups is 1. The molecule has 132 valence electrons. The van der Waals surface area contributed by atoms with E-state index < -0.39 is 0 Å². The second-order valence-electron chi connectivity index (χ2n) is 6.75. The van der Waals surface area contributed by atoms with Crippen molar-refractivity contribution in [3.05, 3.63) is 24.3 Å². The Morgan fingerprint density at radius 2 is 1.79 bits per heavy atom. The Bertz CT molecular complexity index is 524. The Hall–Kier alpha value is -1.75. The molecule has 0 N–H and O–H groups in total. The van der Waals surface area contributed by atoms with E-state index in [0.29, 0.717) is 18.4 Å². The van der Waals surface area contributed by atoms with E-state index in [0.717, 1.165) is 57.1 Å². The summed E-state index contributed by atoms with van der Waals surface area (Å²) >= 11 is 0. The van der Waals surface area contributed by atoms with E-state index in [1.807, 2.05) is 24.3 Å². The van der Waals surface area contributed by atoms with Crippen LogP contribution in [-0.4, -0.2) is 62.1 Å². The molecule has 0 spiro atoms. The van der Waals surface area contributed by atoms with Crippen molar-refractivity contribution in [2.24, 2.45) is 5.92 Å². The lowest BCUT2D eigenvalue weighted by Gasteiger charge is -2.33. The normalized spacial score (nSPS) is 19.7. The van der Waals surface area contributed by atoms with Gasteiger partial charge in [-0.15, -0.1) is 0 Å². The van der Waals surface area contributed by atoms with Gasteiger partial charge in [-0.1, -0.05) is 0 Å². The predicted octanol–water partition coefficient (Wildman–Crippen LogP) is 2.41. The Morgan fingerprint density at radius 1 is 1.08 bits per heavy atom. The minimum absolute atomic E-state index is 0.352. The molecule has 24 heavy (non-hydrogen) atoms. The Kier molecular flexibility index (Phi) is 5.96. The van der Waals surface area contributed by atoms with E-state index in [4.69, 9.17) is 9.47 Å². The van der Waals surface area contributed by atoms with Gasteiger partial charge in [0.15, 0.2) is 0 Å². The molecule has 2 heterocycles. The quantitative estimate of drug-likeness (QED) is 0.769. The molecule has 2 fully saturated rings. The monoisotopic (exact) mass is 332 g/mol. The largest absolute Gasteiger partial charge is 0.497 e. The number of piperidine rings is 1. The van der Waals surface area contributed by atoms with Crippen LogP contribution in [0.4, 0.5) is 0 Å². The summed E-state index contributed by atoms with van der Waals surface area (Å²) < 4.78 is 11.0. The highest BCUT2D eigenvalue weighted by Gasteiger charge is 2.26. The van der Waals surface area contributed by atoms with Crippen LogP contribution in [0.3, 0.4) is 0 Å². The van der Waals surface area contributed by atoms with Crippen LogP contribution in [0, 0.1) is 5.92 Å². The van der Waals surface area contributed by atoms with Gasteiger partial charge in [-0.3, -0.25) is 9.69 Å². The molecule has 2 aliphatic rings. The molecule has 1 amide bonds. The number of methoxy groups -OCH3 is 1. The van der Waals surface area contributed by atoms with Crippen LogP contribution in [-0.2, 0) is 4.79 Å². The van der Waals surface area contributed by atoms with Crippen LogP contribution in [0.5, 0.6) is 11.5 Å². The van der Waals surface area contributed by atoms with Gasteiger partial charge in [-0.05, 0) is 62.5 Å². The van der Waals surface area contributed by atoms with Crippen molar-refractivity contribution in [1.29, 1.82) is 0 Å². The third-order valence-electron chi connectivity index (χ3n) is 5.09. The van der Waals surface area contributed by atoms with Crippen LogP contribution in [0.1, 0.15) is 25.7 Å². The standard InChI is InChI=1S/C19H28N2O3/c1-23-17-4-6-18(7-5-17)24-14-13-20-11-8-16(9-12-20)15-21-10-2-3-19(21)22/h4-7,16H,2-3,8-15H2,1H3. The van der Waals surface area contributed by atoms with E-state index in [-0.39, 0.29) is 0 Å². The maximum Gasteiger partial charge on any atom is 0.222 e. The summed E-state index contributed by atoms with van der Waals surface area (Å²) in [5.74, 6) is 2.76. The van der Waals surface area contributed by atoms with E-state index in [9.17, 15) is 4.79 Å². The van der Waals surface area contributed by atoms with Crippen molar-refractivity contribution >= 4 is 5.91 Å². The van der Waals surface area contributed by atoms with Gasteiger partial charge in [0.1, 0.15) is 18.1 Å². The van der Waals surface area contributed by atoms with Crippen molar-refractivity contribution in [3.63, 3.8) is 0 Å². The average Bonchev–Trinajstić information content (AvgIpc) is 3.02. The van der Waals surface area contributed by atoms with E-state index in [2.05, 4.69) is 9.80 Å². The first-order valence-corrected chi connectivity index (χ1v) is 9.01. The third-order valence-corrected chi connectivity index (χ3v) is 5.09. The summed E-state index contributed by atoms with van der Waals surface area (Å²) in [5, 5.41) is 0. The highest BCUT2D eigenvalue weighted by molar-refractivity contribution is 5.78. The van der Waals surface area contributed by atoms with Crippen molar-refractivity contribution in [1.82, 2.24) is 9.80 Å².